The number of hydrogen-bond acceptors (Lipinski definition) is 3. The predicted molar refractivity (Wildman–Crippen MR) is 56.2 cm³/mol. The maximum absolute atomic E-state index is 8.72. The Morgan fingerprint density at radius 3 is 3.00 bits per heavy atom. The SMILES string of the molecule is N#CC(I)n1nnc2ccccc21. The summed E-state index contributed by atoms with van der Waals surface area (Å²) in [7, 11) is 0. The summed E-state index contributed by atoms with van der Waals surface area (Å²) in [5.74, 6) is 0. The van der Waals surface area contributed by atoms with E-state index in [2.05, 4.69) is 16.4 Å². The molecule has 1 unspecified atom stereocenters. The van der Waals surface area contributed by atoms with Gasteiger partial charge in [0.1, 0.15) is 11.6 Å². The van der Waals surface area contributed by atoms with E-state index in [-0.39, 0.29) is 4.05 Å². The molecule has 0 spiro atoms. The highest BCUT2D eigenvalue weighted by molar-refractivity contribution is 14.1. The molecule has 0 bridgehead atoms. The number of fused-ring (bicyclic) bond motifs is 1. The lowest BCUT2D eigenvalue weighted by molar-refractivity contribution is 0.693. The number of nitrogens with zero attached hydrogens (tertiary/aromatic N) is 4. The standard InChI is InChI=1S/C8H5IN4/c9-8(5-10)13-7-4-2-1-3-6(7)11-12-13/h1-4,8H. The zero-order chi connectivity index (χ0) is 9.26. The Morgan fingerprint density at radius 2 is 2.23 bits per heavy atom. The molecule has 2 rings (SSSR count). The largest absolute Gasteiger partial charge is 0.217 e. The van der Waals surface area contributed by atoms with Gasteiger partial charge in [0.25, 0.3) is 0 Å². The van der Waals surface area contributed by atoms with E-state index >= 15 is 0 Å². The summed E-state index contributed by atoms with van der Waals surface area (Å²) in [4.78, 5) is 0. The fraction of sp³-hybridized carbons (Fsp3) is 0.125. The van der Waals surface area contributed by atoms with Crippen LogP contribution in [0, 0.1) is 11.3 Å². The van der Waals surface area contributed by atoms with E-state index in [1.807, 2.05) is 46.9 Å². The highest BCUT2D eigenvalue weighted by Crippen LogP contribution is 2.19. The summed E-state index contributed by atoms with van der Waals surface area (Å²) in [6, 6.07) is 9.69. The van der Waals surface area contributed by atoms with Gasteiger partial charge in [0, 0.05) is 0 Å². The first-order valence-corrected chi connectivity index (χ1v) is 4.91. The van der Waals surface area contributed by atoms with Crippen LogP contribution in [0.25, 0.3) is 11.0 Å². The molecule has 5 heteroatoms. The predicted octanol–water partition coefficient (Wildman–Crippen LogP) is 1.89. The van der Waals surface area contributed by atoms with Crippen LogP contribution in [-0.4, -0.2) is 15.0 Å². The summed E-state index contributed by atoms with van der Waals surface area (Å²) < 4.78 is 1.31. The van der Waals surface area contributed by atoms with E-state index < -0.39 is 0 Å². The lowest BCUT2D eigenvalue weighted by atomic mass is 10.3. The minimum atomic E-state index is -0.301. The molecule has 64 valence electrons. The number of aromatic nitrogens is 3. The normalized spacial score (nSPS) is 12.6. The van der Waals surface area contributed by atoms with Crippen LogP contribution in [0.4, 0.5) is 0 Å². The summed E-state index contributed by atoms with van der Waals surface area (Å²) >= 11 is 2.02. The molecule has 0 N–H and O–H groups in total. The second-order valence-corrected chi connectivity index (χ2v) is 3.67. The fourth-order valence-corrected chi connectivity index (χ4v) is 1.52. The molecule has 0 saturated heterocycles. The van der Waals surface area contributed by atoms with Crippen molar-refractivity contribution in [1.82, 2.24) is 15.0 Å². The first-order valence-electron chi connectivity index (χ1n) is 3.66. The molecule has 0 aliphatic heterocycles. The average molecular weight is 284 g/mol. The molecule has 2 aromatic rings. The molecule has 0 aliphatic rings. The van der Waals surface area contributed by atoms with Gasteiger partial charge in [0.05, 0.1) is 5.52 Å². The Labute approximate surface area is 88.3 Å². The molecule has 1 heterocycles. The summed E-state index contributed by atoms with van der Waals surface area (Å²) in [5.41, 5.74) is 1.71. The molecular formula is C8H5IN4. The maximum Gasteiger partial charge on any atom is 0.191 e. The van der Waals surface area contributed by atoms with Crippen LogP contribution in [0.15, 0.2) is 24.3 Å². The quantitative estimate of drug-likeness (QED) is 0.593. The van der Waals surface area contributed by atoms with Crippen molar-refractivity contribution in [1.29, 1.82) is 5.26 Å². The van der Waals surface area contributed by atoms with Crippen LogP contribution in [0.5, 0.6) is 0 Å². The van der Waals surface area contributed by atoms with Crippen molar-refractivity contribution in [2.24, 2.45) is 0 Å². The number of benzene rings is 1. The molecule has 0 radical (unpaired) electrons. The van der Waals surface area contributed by atoms with Crippen LogP contribution in [-0.2, 0) is 0 Å². The molecule has 1 atom stereocenters. The van der Waals surface area contributed by atoms with E-state index in [4.69, 9.17) is 5.26 Å². The Kier molecular flexibility index (Phi) is 2.14. The van der Waals surface area contributed by atoms with Gasteiger partial charge in [-0.25, -0.2) is 4.68 Å². The van der Waals surface area contributed by atoms with Gasteiger partial charge in [-0.05, 0) is 34.7 Å². The van der Waals surface area contributed by atoms with Crippen molar-refractivity contribution in [2.45, 2.75) is 4.05 Å². The molecule has 0 fully saturated rings. The second kappa shape index (κ2) is 3.30. The van der Waals surface area contributed by atoms with Crippen LogP contribution in [0.1, 0.15) is 4.05 Å². The van der Waals surface area contributed by atoms with E-state index in [1.54, 1.807) is 4.68 Å². The third kappa shape index (κ3) is 1.37. The first-order chi connectivity index (χ1) is 6.33. The zero-order valence-electron chi connectivity index (χ0n) is 6.55. The Morgan fingerprint density at radius 1 is 1.46 bits per heavy atom. The number of rotatable bonds is 1. The zero-order valence-corrected chi connectivity index (χ0v) is 8.71. The van der Waals surface area contributed by atoms with Crippen LogP contribution in [0.3, 0.4) is 0 Å². The maximum atomic E-state index is 8.72. The van der Waals surface area contributed by atoms with Crippen molar-refractivity contribution in [2.75, 3.05) is 0 Å². The van der Waals surface area contributed by atoms with E-state index in [1.165, 1.54) is 0 Å². The van der Waals surface area contributed by atoms with Crippen molar-refractivity contribution < 1.29 is 0 Å². The van der Waals surface area contributed by atoms with E-state index in [0.29, 0.717) is 0 Å². The minimum Gasteiger partial charge on any atom is -0.217 e. The second-order valence-electron chi connectivity index (χ2n) is 2.49. The fourth-order valence-electron chi connectivity index (χ4n) is 1.11. The number of nitriles is 1. The summed E-state index contributed by atoms with van der Waals surface area (Å²) in [6.45, 7) is 0. The third-order valence-electron chi connectivity index (χ3n) is 1.70. The van der Waals surface area contributed by atoms with Crippen LogP contribution >= 0.6 is 22.6 Å². The van der Waals surface area contributed by atoms with E-state index in [0.717, 1.165) is 11.0 Å². The smallest absolute Gasteiger partial charge is 0.191 e. The molecule has 0 aliphatic carbocycles. The number of para-hydroxylation sites is 1. The summed E-state index contributed by atoms with van der Waals surface area (Å²) in [6.07, 6.45) is 0. The molecular weight excluding hydrogens is 279 g/mol. The lowest BCUT2D eigenvalue weighted by Gasteiger charge is -1.99. The highest BCUT2D eigenvalue weighted by Gasteiger charge is 2.09. The average Bonchev–Trinajstić information content (AvgIpc) is 2.60. The Balaban J connectivity index is 2.66. The van der Waals surface area contributed by atoms with Crippen LogP contribution < -0.4 is 0 Å². The van der Waals surface area contributed by atoms with Gasteiger partial charge in [0.2, 0.25) is 0 Å². The van der Waals surface area contributed by atoms with Crippen molar-refractivity contribution >= 4 is 33.6 Å². The molecule has 0 amide bonds. The van der Waals surface area contributed by atoms with Gasteiger partial charge >= 0.3 is 0 Å². The topological polar surface area (TPSA) is 54.5 Å². The molecule has 1 aromatic carbocycles. The van der Waals surface area contributed by atoms with Gasteiger partial charge in [-0.2, -0.15) is 5.26 Å². The highest BCUT2D eigenvalue weighted by atomic mass is 127. The number of alkyl halides is 1. The monoisotopic (exact) mass is 284 g/mol. The molecule has 13 heavy (non-hydrogen) atoms. The van der Waals surface area contributed by atoms with Gasteiger partial charge in [0.15, 0.2) is 4.05 Å². The Bertz CT molecular complexity index is 470. The third-order valence-corrected chi connectivity index (χ3v) is 2.50. The van der Waals surface area contributed by atoms with Gasteiger partial charge in [-0.1, -0.05) is 17.3 Å². The molecule has 4 nitrogen and oxygen atoms in total. The number of hydrogen-bond donors (Lipinski definition) is 0. The van der Waals surface area contributed by atoms with Crippen molar-refractivity contribution in [3.63, 3.8) is 0 Å². The molecule has 0 saturated carbocycles. The Hall–Kier alpha value is -1.16. The van der Waals surface area contributed by atoms with Crippen molar-refractivity contribution in [3.05, 3.63) is 24.3 Å². The molecule has 1 aromatic heterocycles. The van der Waals surface area contributed by atoms with Gasteiger partial charge in [-0.3, -0.25) is 0 Å². The van der Waals surface area contributed by atoms with Crippen LogP contribution in [0.2, 0.25) is 0 Å². The summed E-state index contributed by atoms with van der Waals surface area (Å²) in [5, 5.41) is 16.6. The van der Waals surface area contributed by atoms with Gasteiger partial charge < -0.3 is 0 Å². The minimum absolute atomic E-state index is 0.301. The van der Waals surface area contributed by atoms with E-state index in [9.17, 15) is 0 Å². The lowest BCUT2D eigenvalue weighted by Crippen LogP contribution is -2.01. The first kappa shape index (κ1) is 8.44. The van der Waals surface area contributed by atoms with Crippen molar-refractivity contribution in [3.8, 4) is 6.07 Å². The number of halogens is 1. The van der Waals surface area contributed by atoms with Gasteiger partial charge in [-0.15, -0.1) is 5.10 Å².